The SMILES string of the molecule is CC(=O)[NH+](C)[I-]C1CCC(=C=CN2CCC[C@@H](Cc3ccc(F)cc3)C2)[C@H](NC(=O)Nc2nc(C)cs2)C1. The van der Waals surface area contributed by atoms with Gasteiger partial charge in [-0.1, -0.05) is 0 Å². The monoisotopic (exact) mass is 653 g/mol. The van der Waals surface area contributed by atoms with Gasteiger partial charge < -0.3 is 0 Å². The van der Waals surface area contributed by atoms with Gasteiger partial charge in [-0.3, -0.25) is 0 Å². The van der Waals surface area contributed by atoms with Gasteiger partial charge in [-0.05, 0) is 12.1 Å². The second-order valence-electron chi connectivity index (χ2n) is 10.1. The van der Waals surface area contributed by atoms with Crippen LogP contribution in [0.25, 0.3) is 0 Å². The predicted molar refractivity (Wildman–Crippen MR) is 144 cm³/mol. The van der Waals surface area contributed by atoms with E-state index in [-0.39, 0.29) is 45.3 Å². The number of anilines is 1. The number of alkyl halides is 1. The molecule has 2 fully saturated rings. The molecular formula is C28H37FIN5O2S. The van der Waals surface area contributed by atoms with Crippen molar-refractivity contribution in [1.29, 1.82) is 0 Å². The van der Waals surface area contributed by atoms with Crippen molar-refractivity contribution < 1.29 is 38.6 Å². The van der Waals surface area contributed by atoms with Crippen molar-refractivity contribution in [3.8, 4) is 0 Å². The Bertz CT molecular complexity index is 1180. The summed E-state index contributed by atoms with van der Waals surface area (Å²) in [5, 5.41) is 8.52. The Morgan fingerprint density at radius 3 is 2.82 bits per heavy atom. The second-order valence-corrected chi connectivity index (χ2v) is 15.0. The summed E-state index contributed by atoms with van der Waals surface area (Å²) in [5.41, 5.74) is 6.71. The number of amides is 3. The van der Waals surface area contributed by atoms with E-state index in [4.69, 9.17) is 0 Å². The van der Waals surface area contributed by atoms with Crippen LogP contribution >= 0.6 is 11.3 Å². The number of aromatic nitrogens is 1. The van der Waals surface area contributed by atoms with Crippen LogP contribution < -0.4 is 35.2 Å². The first-order valence-electron chi connectivity index (χ1n) is 13.2. The zero-order chi connectivity index (χ0) is 27.1. The number of nitrogens with zero attached hydrogens (tertiary/aromatic N) is 2. The molecule has 1 aromatic carbocycles. The Morgan fingerprint density at radius 2 is 2.11 bits per heavy atom. The molecule has 1 saturated heterocycles. The number of thiazole rings is 1. The maximum atomic E-state index is 13.3. The molecule has 4 atom stereocenters. The predicted octanol–water partition coefficient (Wildman–Crippen LogP) is 0.692. The van der Waals surface area contributed by atoms with Gasteiger partial charge in [0, 0.05) is 0 Å². The number of carbonyl (C=O) groups is 2. The molecule has 0 spiro atoms. The van der Waals surface area contributed by atoms with Crippen LogP contribution in [0.2, 0.25) is 0 Å². The van der Waals surface area contributed by atoms with Crippen molar-refractivity contribution in [3.05, 3.63) is 64.2 Å². The summed E-state index contributed by atoms with van der Waals surface area (Å²) in [6.07, 6.45) is 8.00. The van der Waals surface area contributed by atoms with E-state index >= 15 is 0 Å². The number of carbonyl (C=O) groups excluding carboxylic acids is 2. The van der Waals surface area contributed by atoms with Crippen LogP contribution in [0.1, 0.15) is 50.3 Å². The van der Waals surface area contributed by atoms with Crippen LogP contribution in [0, 0.1) is 18.7 Å². The number of piperidine rings is 1. The van der Waals surface area contributed by atoms with E-state index in [1.165, 1.54) is 29.0 Å². The molecule has 0 bridgehead atoms. The van der Waals surface area contributed by atoms with E-state index in [1.54, 1.807) is 6.92 Å². The average Bonchev–Trinajstić information content (AvgIpc) is 3.29. The fourth-order valence-corrected chi connectivity index (χ4v) is 8.77. The molecule has 2 unspecified atom stereocenters. The van der Waals surface area contributed by atoms with Crippen LogP contribution in [-0.4, -0.2) is 51.9 Å². The molecule has 0 radical (unpaired) electrons. The number of rotatable bonds is 7. The standard InChI is InChI=1S/C28H37FIN5O2S/c1-19-18-38-28(31-19)33-27(37)32-26-16-25(30-34(3)20(2)36)11-8-23(26)12-14-35-13-4-5-22(17-35)15-21-6-9-24(29)10-7-21/h6-7,9-10,14,18,22,25-26,34H,4-5,8,11,13,15-17H2,1-3H3,(H2,31,32,33,37)/t12?,22-,25?,26+/m0/s1. The summed E-state index contributed by atoms with van der Waals surface area (Å²) < 4.78 is 14.7. The van der Waals surface area contributed by atoms with E-state index in [9.17, 15) is 14.0 Å². The minimum atomic E-state index is -0.374. The number of benzene rings is 1. The summed E-state index contributed by atoms with van der Waals surface area (Å²) in [6, 6.07) is 6.46. The summed E-state index contributed by atoms with van der Waals surface area (Å²) in [4.78, 5) is 31.3. The molecule has 206 valence electrons. The minimum absolute atomic E-state index is 0.120. The molecule has 7 nitrogen and oxygen atoms in total. The molecular weight excluding hydrogens is 616 g/mol. The maximum absolute atomic E-state index is 13.3. The summed E-state index contributed by atoms with van der Waals surface area (Å²) in [6.45, 7) is 5.48. The quantitative estimate of drug-likeness (QED) is 0.178. The van der Waals surface area contributed by atoms with Crippen molar-refractivity contribution in [2.45, 2.75) is 62.3 Å². The van der Waals surface area contributed by atoms with Crippen LogP contribution in [0.4, 0.5) is 14.3 Å². The van der Waals surface area contributed by atoms with Gasteiger partial charge >= 0.3 is 218 Å². The molecule has 1 aromatic heterocycles. The summed E-state index contributed by atoms with van der Waals surface area (Å²) in [7, 11) is 1.96. The van der Waals surface area contributed by atoms with E-state index in [1.807, 2.05) is 31.5 Å². The first kappa shape index (κ1) is 28.7. The Kier molecular flexibility index (Phi) is 10.3. The second kappa shape index (κ2) is 13.7. The average molecular weight is 654 g/mol. The topological polar surface area (TPSA) is 78.8 Å². The first-order chi connectivity index (χ1) is 18.2. The van der Waals surface area contributed by atoms with E-state index in [2.05, 4.69) is 32.4 Å². The van der Waals surface area contributed by atoms with Gasteiger partial charge in [0.1, 0.15) is 5.82 Å². The van der Waals surface area contributed by atoms with Crippen LogP contribution in [0.5, 0.6) is 0 Å². The van der Waals surface area contributed by atoms with Gasteiger partial charge in [0.25, 0.3) is 0 Å². The van der Waals surface area contributed by atoms with E-state index in [0.29, 0.717) is 15.0 Å². The molecule has 38 heavy (non-hydrogen) atoms. The van der Waals surface area contributed by atoms with Gasteiger partial charge in [-0.2, -0.15) is 0 Å². The summed E-state index contributed by atoms with van der Waals surface area (Å²) >= 11 is 1.04. The Balaban J connectivity index is 1.43. The fraction of sp³-hybridized carbons (Fsp3) is 0.500. The normalized spacial score (nSPS) is 22.5. The Labute approximate surface area is 239 Å². The number of aryl methyl sites for hydroxylation is 1. The molecule has 4 rings (SSSR count). The van der Waals surface area contributed by atoms with Crippen molar-refractivity contribution >= 4 is 28.4 Å². The Hall–Kier alpha value is -2.27. The number of halogens is 2. The molecule has 2 aromatic rings. The molecule has 1 aliphatic carbocycles. The van der Waals surface area contributed by atoms with Crippen molar-refractivity contribution in [1.82, 2.24) is 15.2 Å². The number of nitrogens with one attached hydrogen (secondary N) is 3. The molecule has 2 aliphatic rings. The van der Waals surface area contributed by atoms with E-state index in [0.717, 1.165) is 66.0 Å². The molecule has 3 N–H and O–H groups in total. The Morgan fingerprint density at radius 1 is 1.32 bits per heavy atom. The van der Waals surface area contributed by atoms with E-state index < -0.39 is 0 Å². The van der Waals surface area contributed by atoms with Gasteiger partial charge in [0.15, 0.2) is 0 Å². The number of likely N-dealkylation sites (tertiary alicyclic amines) is 1. The molecule has 2 heterocycles. The van der Waals surface area contributed by atoms with Gasteiger partial charge in [0.2, 0.25) is 0 Å². The van der Waals surface area contributed by atoms with Crippen molar-refractivity contribution in [2.75, 3.05) is 25.5 Å². The fourth-order valence-electron chi connectivity index (χ4n) is 4.94. The molecule has 1 aliphatic heterocycles. The van der Waals surface area contributed by atoms with Crippen molar-refractivity contribution in [3.63, 3.8) is 0 Å². The van der Waals surface area contributed by atoms with Crippen LogP contribution in [0.15, 0.2) is 47.1 Å². The first-order valence-corrected chi connectivity index (χ1v) is 16.4. The van der Waals surface area contributed by atoms with Gasteiger partial charge in [0.05, 0.1) is 0 Å². The molecule has 3 amide bonds. The van der Waals surface area contributed by atoms with Crippen LogP contribution in [0.3, 0.4) is 0 Å². The zero-order valence-corrected chi connectivity index (χ0v) is 25.2. The van der Waals surface area contributed by atoms with Crippen LogP contribution in [-0.2, 0) is 11.2 Å². The number of urea groups is 1. The van der Waals surface area contributed by atoms with Gasteiger partial charge in [-0.15, -0.1) is 0 Å². The van der Waals surface area contributed by atoms with Gasteiger partial charge in [-0.25, -0.2) is 4.39 Å². The number of hydrogen-bond donors (Lipinski definition) is 3. The van der Waals surface area contributed by atoms with Crippen molar-refractivity contribution in [2.24, 2.45) is 5.92 Å². The summed E-state index contributed by atoms with van der Waals surface area (Å²) in [5.74, 6) is 0.503. The molecule has 10 heteroatoms. The molecule has 1 saturated carbocycles. The zero-order valence-electron chi connectivity index (χ0n) is 22.2. The number of hydrogen-bond acceptors (Lipinski definition) is 5. The third-order valence-corrected chi connectivity index (χ3v) is 11.6. The third-order valence-electron chi connectivity index (χ3n) is 7.01. The third kappa shape index (κ3) is 8.62. The number of quaternary nitrogens is 1.